The Hall–Kier alpha value is -2.65. The van der Waals surface area contributed by atoms with Crippen LogP contribution in [-0.4, -0.2) is 61.6 Å². The molecule has 0 radical (unpaired) electrons. The first-order chi connectivity index (χ1) is 14.6. The van der Waals surface area contributed by atoms with Crippen LogP contribution in [-0.2, 0) is 10.0 Å². The van der Waals surface area contributed by atoms with Crippen molar-refractivity contribution in [3.05, 3.63) is 36.0 Å². The fourth-order valence-corrected chi connectivity index (χ4v) is 5.32. The molecule has 9 heteroatoms. The number of fused-ring (bicyclic) bond motifs is 1. The minimum Gasteiger partial charge on any atom is -0.495 e. The second-order valence-corrected chi connectivity index (χ2v) is 9.73. The zero-order valence-corrected chi connectivity index (χ0v) is 20.1. The van der Waals surface area contributed by atoms with Crippen LogP contribution < -0.4 is 9.64 Å². The number of ether oxygens (including phenoxy) is 1. The molecule has 0 N–H and O–H groups in total. The predicted octanol–water partition coefficient (Wildman–Crippen LogP) is 3.62. The van der Waals surface area contributed by atoms with Gasteiger partial charge < -0.3 is 9.64 Å². The summed E-state index contributed by atoms with van der Waals surface area (Å²) in [6, 6.07) is 7.00. The predicted molar refractivity (Wildman–Crippen MR) is 123 cm³/mol. The van der Waals surface area contributed by atoms with E-state index in [-0.39, 0.29) is 10.8 Å². The van der Waals surface area contributed by atoms with Gasteiger partial charge in [-0.1, -0.05) is 27.7 Å². The first-order valence-corrected chi connectivity index (χ1v) is 11.8. The highest BCUT2D eigenvalue weighted by molar-refractivity contribution is 7.89. The van der Waals surface area contributed by atoms with E-state index >= 15 is 0 Å². The molecule has 0 aliphatic carbocycles. The molecule has 168 valence electrons. The maximum absolute atomic E-state index is 13.2. The van der Waals surface area contributed by atoms with Gasteiger partial charge in [-0.05, 0) is 30.2 Å². The number of aromatic nitrogens is 3. The van der Waals surface area contributed by atoms with E-state index in [1.165, 1.54) is 11.4 Å². The van der Waals surface area contributed by atoms with Gasteiger partial charge in [0.15, 0.2) is 11.5 Å². The monoisotopic (exact) mass is 445 g/mol. The smallest absolute Gasteiger partial charge is 0.246 e. The van der Waals surface area contributed by atoms with Crippen LogP contribution in [0.25, 0.3) is 16.9 Å². The van der Waals surface area contributed by atoms with E-state index in [2.05, 4.69) is 18.9 Å². The van der Waals surface area contributed by atoms with Gasteiger partial charge in [0.05, 0.1) is 12.8 Å². The van der Waals surface area contributed by atoms with E-state index in [0.717, 1.165) is 17.0 Å². The first-order valence-electron chi connectivity index (χ1n) is 10.4. The lowest BCUT2D eigenvalue weighted by molar-refractivity contribution is 0.395. The molecule has 0 atom stereocenters. The van der Waals surface area contributed by atoms with Crippen molar-refractivity contribution >= 4 is 21.5 Å². The van der Waals surface area contributed by atoms with Crippen molar-refractivity contribution in [3.8, 4) is 17.0 Å². The highest BCUT2D eigenvalue weighted by Crippen LogP contribution is 2.33. The molecule has 0 aliphatic heterocycles. The van der Waals surface area contributed by atoms with Crippen molar-refractivity contribution in [1.29, 1.82) is 0 Å². The Kier molecular flexibility index (Phi) is 6.56. The van der Waals surface area contributed by atoms with Crippen molar-refractivity contribution < 1.29 is 13.2 Å². The summed E-state index contributed by atoms with van der Waals surface area (Å²) >= 11 is 0. The average molecular weight is 446 g/mol. The van der Waals surface area contributed by atoms with Crippen LogP contribution in [0.4, 0.5) is 5.82 Å². The van der Waals surface area contributed by atoms with E-state index in [9.17, 15) is 8.42 Å². The first kappa shape index (κ1) is 23.0. The molecule has 31 heavy (non-hydrogen) atoms. The average Bonchev–Trinajstić information content (AvgIpc) is 3.13. The standard InChI is InChI=1S/C22H31N5O3S/c1-8-26(9-2)31(28,29)19-14-16(10-11-18(19)30-7)17-12-13-27-21(23-17)20(15(3)4)22(24-27)25(5)6/h10-15H,8-9H2,1-7H3. The summed E-state index contributed by atoms with van der Waals surface area (Å²) in [4.78, 5) is 6.98. The zero-order valence-electron chi connectivity index (χ0n) is 19.2. The third-order valence-electron chi connectivity index (χ3n) is 5.28. The Balaban J connectivity index is 2.20. The molecular formula is C22H31N5O3S. The van der Waals surface area contributed by atoms with Crippen molar-refractivity contribution in [2.45, 2.75) is 38.5 Å². The third-order valence-corrected chi connectivity index (χ3v) is 7.36. The molecule has 2 heterocycles. The Morgan fingerprint density at radius 2 is 1.81 bits per heavy atom. The number of sulfonamides is 1. The Bertz CT molecular complexity index is 1180. The molecule has 1 aromatic carbocycles. The van der Waals surface area contributed by atoms with Crippen LogP contribution in [0.15, 0.2) is 35.4 Å². The van der Waals surface area contributed by atoms with Gasteiger partial charge in [-0.2, -0.15) is 4.31 Å². The maximum atomic E-state index is 13.2. The second kappa shape index (κ2) is 8.84. The molecule has 3 aromatic rings. The normalized spacial score (nSPS) is 12.2. The molecule has 0 amide bonds. The summed E-state index contributed by atoms with van der Waals surface area (Å²) in [7, 11) is 1.71. The van der Waals surface area contributed by atoms with Gasteiger partial charge >= 0.3 is 0 Å². The SMILES string of the molecule is CCN(CC)S(=O)(=O)c1cc(-c2ccn3nc(N(C)C)c(C(C)C)c3n2)ccc1OC. The summed E-state index contributed by atoms with van der Waals surface area (Å²) in [5.74, 6) is 1.42. The van der Waals surface area contributed by atoms with E-state index in [0.29, 0.717) is 30.1 Å². The molecule has 0 saturated carbocycles. The highest BCUT2D eigenvalue weighted by Gasteiger charge is 2.26. The zero-order chi connectivity index (χ0) is 22.9. The van der Waals surface area contributed by atoms with E-state index in [4.69, 9.17) is 9.72 Å². The van der Waals surface area contributed by atoms with Crippen molar-refractivity contribution in [3.63, 3.8) is 0 Å². The molecule has 0 fully saturated rings. The van der Waals surface area contributed by atoms with E-state index in [1.54, 1.807) is 16.6 Å². The third kappa shape index (κ3) is 4.12. The molecule has 8 nitrogen and oxygen atoms in total. The van der Waals surface area contributed by atoms with Gasteiger partial charge in [0, 0.05) is 44.5 Å². The van der Waals surface area contributed by atoms with Crippen molar-refractivity contribution in [1.82, 2.24) is 18.9 Å². The fourth-order valence-electron chi connectivity index (χ4n) is 3.68. The number of rotatable bonds is 8. The number of hydrogen-bond donors (Lipinski definition) is 0. The summed E-state index contributed by atoms with van der Waals surface area (Å²) in [6.07, 6.45) is 1.86. The number of benzene rings is 1. The number of nitrogens with zero attached hydrogens (tertiary/aromatic N) is 5. The van der Waals surface area contributed by atoms with Gasteiger partial charge in [-0.3, -0.25) is 0 Å². The molecule has 0 spiro atoms. The van der Waals surface area contributed by atoms with Crippen molar-refractivity contribution in [2.75, 3.05) is 39.2 Å². The maximum Gasteiger partial charge on any atom is 0.246 e. The number of hydrogen-bond acceptors (Lipinski definition) is 6. The molecule has 0 unspecified atom stereocenters. The van der Waals surface area contributed by atoms with E-state index < -0.39 is 10.0 Å². The van der Waals surface area contributed by atoms with Crippen LogP contribution in [0.3, 0.4) is 0 Å². The van der Waals surface area contributed by atoms with Crippen molar-refractivity contribution in [2.24, 2.45) is 0 Å². The highest BCUT2D eigenvalue weighted by atomic mass is 32.2. The lowest BCUT2D eigenvalue weighted by Gasteiger charge is -2.20. The van der Waals surface area contributed by atoms with Crippen LogP contribution >= 0.6 is 0 Å². The fraction of sp³-hybridized carbons (Fsp3) is 0.455. The summed E-state index contributed by atoms with van der Waals surface area (Å²) < 4.78 is 34.9. The van der Waals surface area contributed by atoms with Gasteiger partial charge in [0.2, 0.25) is 10.0 Å². The van der Waals surface area contributed by atoms with Crippen LogP contribution in [0.2, 0.25) is 0 Å². The Labute approximate surface area is 184 Å². The quantitative estimate of drug-likeness (QED) is 0.527. The van der Waals surface area contributed by atoms with Gasteiger partial charge in [0.1, 0.15) is 10.6 Å². The minimum atomic E-state index is -3.69. The van der Waals surface area contributed by atoms with E-state index in [1.807, 2.05) is 51.2 Å². The molecule has 2 aromatic heterocycles. The number of methoxy groups -OCH3 is 1. The minimum absolute atomic E-state index is 0.143. The van der Waals surface area contributed by atoms with Gasteiger partial charge in [-0.15, -0.1) is 5.10 Å². The van der Waals surface area contributed by atoms with Gasteiger partial charge in [0.25, 0.3) is 0 Å². The second-order valence-electron chi connectivity index (χ2n) is 7.82. The van der Waals surface area contributed by atoms with Crippen LogP contribution in [0, 0.1) is 0 Å². The Morgan fingerprint density at radius 3 is 2.35 bits per heavy atom. The Morgan fingerprint density at radius 1 is 1.13 bits per heavy atom. The summed E-state index contributed by atoms with van der Waals surface area (Å²) in [5, 5.41) is 4.66. The molecule has 0 aliphatic rings. The molecule has 0 bridgehead atoms. The largest absolute Gasteiger partial charge is 0.495 e. The van der Waals surface area contributed by atoms with Crippen LogP contribution in [0.5, 0.6) is 5.75 Å². The summed E-state index contributed by atoms with van der Waals surface area (Å²) in [6.45, 7) is 8.64. The molecular weight excluding hydrogens is 414 g/mol. The summed E-state index contributed by atoms with van der Waals surface area (Å²) in [5.41, 5.74) is 3.20. The molecule has 0 saturated heterocycles. The molecule has 3 rings (SSSR count). The topological polar surface area (TPSA) is 80.0 Å². The number of anilines is 1. The lowest BCUT2D eigenvalue weighted by Crippen LogP contribution is -2.30. The lowest BCUT2D eigenvalue weighted by atomic mass is 10.1. The van der Waals surface area contributed by atoms with Crippen LogP contribution in [0.1, 0.15) is 39.2 Å². The van der Waals surface area contributed by atoms with Gasteiger partial charge in [-0.25, -0.2) is 17.9 Å².